The van der Waals surface area contributed by atoms with Gasteiger partial charge in [0.1, 0.15) is 0 Å². The van der Waals surface area contributed by atoms with Crippen molar-refractivity contribution in [2.24, 2.45) is 0 Å². The zero-order chi connectivity index (χ0) is 17.7. The van der Waals surface area contributed by atoms with E-state index in [1.54, 1.807) is 0 Å². The zero-order valence-corrected chi connectivity index (χ0v) is 13.0. The van der Waals surface area contributed by atoms with E-state index in [9.17, 15) is 24.3 Å². The lowest BCUT2D eigenvalue weighted by Crippen LogP contribution is -2.63. The minimum atomic E-state index is -1.79. The second-order valence-corrected chi connectivity index (χ2v) is 4.69. The molecule has 0 amide bonds. The molecule has 1 aliphatic heterocycles. The molecule has 0 spiro atoms. The molecule has 10 nitrogen and oxygen atoms in total. The monoisotopic (exact) mass is 334 g/mol. The van der Waals surface area contributed by atoms with Crippen LogP contribution in [0.3, 0.4) is 0 Å². The van der Waals surface area contributed by atoms with Crippen LogP contribution in [0.25, 0.3) is 0 Å². The summed E-state index contributed by atoms with van der Waals surface area (Å²) in [6, 6.07) is 0. The van der Waals surface area contributed by atoms with Gasteiger partial charge < -0.3 is 28.8 Å². The Bertz CT molecular complexity index is 487. The highest BCUT2D eigenvalue weighted by molar-refractivity contribution is 5.77. The number of hydrogen-bond donors (Lipinski definition) is 1. The molecule has 10 heteroatoms. The van der Waals surface area contributed by atoms with E-state index in [4.69, 9.17) is 18.9 Å². The van der Waals surface area contributed by atoms with Gasteiger partial charge in [-0.3, -0.25) is 14.4 Å². The molecule has 1 fully saturated rings. The summed E-state index contributed by atoms with van der Waals surface area (Å²) in [7, 11) is 1.06. The van der Waals surface area contributed by atoms with Crippen LogP contribution in [-0.4, -0.2) is 66.8 Å². The maximum atomic E-state index is 11.8. The molecule has 0 unspecified atom stereocenters. The van der Waals surface area contributed by atoms with Gasteiger partial charge in [-0.05, 0) is 0 Å². The summed E-state index contributed by atoms with van der Waals surface area (Å²) in [4.78, 5) is 45.5. The normalized spacial score (nSPS) is 30.0. The van der Waals surface area contributed by atoms with Gasteiger partial charge in [-0.1, -0.05) is 0 Å². The van der Waals surface area contributed by atoms with E-state index in [0.29, 0.717) is 0 Å². The molecule has 130 valence electrons. The average Bonchev–Trinajstić information content (AvgIpc) is 2.43. The van der Waals surface area contributed by atoms with Crippen LogP contribution in [0.4, 0.5) is 0 Å². The van der Waals surface area contributed by atoms with Gasteiger partial charge in [-0.15, -0.1) is 0 Å². The van der Waals surface area contributed by atoms with Crippen LogP contribution in [0.5, 0.6) is 0 Å². The quantitative estimate of drug-likeness (QED) is 0.486. The maximum Gasteiger partial charge on any atom is 0.339 e. The van der Waals surface area contributed by atoms with E-state index in [2.05, 4.69) is 4.74 Å². The van der Waals surface area contributed by atoms with Crippen molar-refractivity contribution in [2.45, 2.75) is 51.5 Å². The van der Waals surface area contributed by atoms with Crippen LogP contribution in [-0.2, 0) is 42.9 Å². The van der Waals surface area contributed by atoms with Crippen molar-refractivity contribution < 1.29 is 48.0 Å². The summed E-state index contributed by atoms with van der Waals surface area (Å²) in [6.07, 6.45) is -7.75. The Labute approximate surface area is 131 Å². The average molecular weight is 334 g/mol. The van der Waals surface area contributed by atoms with Gasteiger partial charge in [-0.2, -0.15) is 0 Å². The Hall–Kier alpha value is -2.20. The summed E-state index contributed by atoms with van der Waals surface area (Å²) in [6.45, 7) is 3.18. The van der Waals surface area contributed by atoms with Gasteiger partial charge in [0.2, 0.25) is 0 Å². The smallest absolute Gasteiger partial charge is 0.339 e. The van der Waals surface area contributed by atoms with Gasteiger partial charge in [0.05, 0.1) is 7.11 Å². The van der Waals surface area contributed by atoms with Gasteiger partial charge in [0.25, 0.3) is 0 Å². The first-order valence-electron chi connectivity index (χ1n) is 6.60. The number of ether oxygens (including phenoxy) is 5. The summed E-state index contributed by atoms with van der Waals surface area (Å²) in [5.74, 6) is -3.37. The van der Waals surface area contributed by atoms with Crippen LogP contribution in [0, 0.1) is 0 Å². The number of aliphatic hydroxyl groups is 1. The number of esters is 4. The first-order chi connectivity index (χ1) is 10.7. The number of carbonyl (C=O) groups excluding carboxylic acids is 4. The highest BCUT2D eigenvalue weighted by Gasteiger charge is 2.54. The van der Waals surface area contributed by atoms with E-state index in [1.165, 1.54) is 0 Å². The van der Waals surface area contributed by atoms with Gasteiger partial charge in [-0.25, -0.2) is 4.79 Å². The fourth-order valence-corrected chi connectivity index (χ4v) is 2.10. The van der Waals surface area contributed by atoms with E-state index < -0.39 is 54.6 Å². The number of aliphatic hydroxyl groups excluding tert-OH is 1. The van der Waals surface area contributed by atoms with Crippen molar-refractivity contribution in [1.29, 1.82) is 0 Å². The van der Waals surface area contributed by atoms with Crippen molar-refractivity contribution >= 4 is 23.9 Å². The Kier molecular flexibility index (Phi) is 6.46. The molecular formula is C13H18O10. The first kappa shape index (κ1) is 18.8. The fourth-order valence-electron chi connectivity index (χ4n) is 2.10. The summed E-state index contributed by atoms with van der Waals surface area (Å²) in [5.41, 5.74) is 0. The number of rotatable bonds is 4. The SMILES string of the molecule is COC(=O)[C@H]1O[C@H](O)[C@H](OC(C)=O)[C@@H](OC(C)=O)[C@H]1OC(C)=O. The molecule has 1 rings (SSSR count). The molecule has 1 aliphatic rings. The lowest BCUT2D eigenvalue weighted by Gasteiger charge is -2.41. The highest BCUT2D eigenvalue weighted by atomic mass is 16.7. The largest absolute Gasteiger partial charge is 0.467 e. The molecule has 0 aliphatic carbocycles. The molecule has 0 aromatic carbocycles. The number of carbonyl (C=O) groups is 4. The third-order valence-electron chi connectivity index (χ3n) is 2.85. The van der Waals surface area contributed by atoms with Crippen molar-refractivity contribution in [1.82, 2.24) is 0 Å². The van der Waals surface area contributed by atoms with E-state index in [-0.39, 0.29) is 0 Å². The second-order valence-electron chi connectivity index (χ2n) is 4.69. The molecule has 5 atom stereocenters. The van der Waals surface area contributed by atoms with E-state index in [0.717, 1.165) is 27.9 Å². The molecule has 0 saturated carbocycles. The summed E-state index contributed by atoms with van der Waals surface area (Å²) >= 11 is 0. The molecular weight excluding hydrogens is 316 g/mol. The highest BCUT2D eigenvalue weighted by Crippen LogP contribution is 2.28. The molecule has 0 aromatic heterocycles. The molecule has 1 saturated heterocycles. The third-order valence-corrected chi connectivity index (χ3v) is 2.85. The maximum absolute atomic E-state index is 11.8. The van der Waals surface area contributed by atoms with E-state index in [1.807, 2.05) is 0 Å². The van der Waals surface area contributed by atoms with Crippen LogP contribution in [0.1, 0.15) is 20.8 Å². The first-order valence-corrected chi connectivity index (χ1v) is 6.60. The minimum absolute atomic E-state index is 0.798. The Morgan fingerprint density at radius 2 is 1.26 bits per heavy atom. The topological polar surface area (TPSA) is 135 Å². The van der Waals surface area contributed by atoms with Crippen molar-refractivity contribution in [3.63, 3.8) is 0 Å². The predicted octanol–water partition coefficient (Wildman–Crippen LogP) is -1.33. The Balaban J connectivity index is 3.21. The molecule has 0 bridgehead atoms. The standard InChI is InChI=1S/C13H18O10/c1-5(14)20-8-9(21-6(2)15)11(22-7(3)16)13(18)23-10(8)12(17)19-4/h8-11,13,18H,1-4H3/t8-,9+,10+,11-,13+/m1/s1. The summed E-state index contributed by atoms with van der Waals surface area (Å²) < 4.78 is 24.3. The van der Waals surface area contributed by atoms with Crippen LogP contribution < -0.4 is 0 Å². The molecule has 0 aromatic rings. The van der Waals surface area contributed by atoms with Crippen molar-refractivity contribution in [3.05, 3.63) is 0 Å². The Morgan fingerprint density at radius 1 is 0.826 bits per heavy atom. The predicted molar refractivity (Wildman–Crippen MR) is 69.6 cm³/mol. The number of methoxy groups -OCH3 is 1. The lowest BCUT2D eigenvalue weighted by molar-refractivity contribution is -0.289. The molecule has 0 radical (unpaired) electrons. The van der Waals surface area contributed by atoms with Crippen LogP contribution in [0.15, 0.2) is 0 Å². The van der Waals surface area contributed by atoms with Crippen LogP contribution in [0.2, 0.25) is 0 Å². The molecule has 1 N–H and O–H groups in total. The fraction of sp³-hybridized carbons (Fsp3) is 0.692. The van der Waals surface area contributed by atoms with Crippen molar-refractivity contribution in [3.8, 4) is 0 Å². The van der Waals surface area contributed by atoms with Crippen LogP contribution >= 0.6 is 0 Å². The molecule has 23 heavy (non-hydrogen) atoms. The second kappa shape index (κ2) is 7.88. The Morgan fingerprint density at radius 3 is 1.70 bits per heavy atom. The van der Waals surface area contributed by atoms with Gasteiger partial charge >= 0.3 is 23.9 Å². The van der Waals surface area contributed by atoms with Gasteiger partial charge in [0.15, 0.2) is 30.7 Å². The third kappa shape index (κ3) is 4.89. The zero-order valence-electron chi connectivity index (χ0n) is 13.0. The van der Waals surface area contributed by atoms with E-state index >= 15 is 0 Å². The number of hydrogen-bond acceptors (Lipinski definition) is 10. The molecule has 1 heterocycles. The lowest BCUT2D eigenvalue weighted by atomic mass is 9.98. The summed E-state index contributed by atoms with van der Waals surface area (Å²) in [5, 5.41) is 9.93. The van der Waals surface area contributed by atoms with Gasteiger partial charge in [0, 0.05) is 20.8 Å². The van der Waals surface area contributed by atoms with Crippen molar-refractivity contribution in [2.75, 3.05) is 7.11 Å². The minimum Gasteiger partial charge on any atom is -0.467 e.